The number of benzene rings is 2. The van der Waals surface area contributed by atoms with Gasteiger partial charge in [0.15, 0.2) is 0 Å². The van der Waals surface area contributed by atoms with Crippen molar-refractivity contribution in [1.29, 1.82) is 0 Å². The van der Waals surface area contributed by atoms with E-state index in [1.807, 2.05) is 49.4 Å². The fraction of sp³-hybridized carbons (Fsp3) is 0.333. The first-order valence-corrected chi connectivity index (χ1v) is 10.1. The van der Waals surface area contributed by atoms with E-state index in [1.54, 1.807) is 6.07 Å². The van der Waals surface area contributed by atoms with Gasteiger partial charge < -0.3 is 15.4 Å². The number of nitrogens with one attached hydrogen (secondary N) is 2. The van der Waals surface area contributed by atoms with Gasteiger partial charge in [-0.3, -0.25) is 9.59 Å². The van der Waals surface area contributed by atoms with Crippen molar-refractivity contribution < 1.29 is 14.3 Å². The fourth-order valence-electron chi connectivity index (χ4n) is 2.86. The molecular formula is C21H24N2O3S. The van der Waals surface area contributed by atoms with Crippen LogP contribution in [0.25, 0.3) is 0 Å². The first-order chi connectivity index (χ1) is 13.1. The van der Waals surface area contributed by atoms with Crippen molar-refractivity contribution in [3.05, 3.63) is 59.7 Å². The molecule has 2 N–H and O–H groups in total. The Kier molecular flexibility index (Phi) is 6.90. The predicted molar refractivity (Wildman–Crippen MR) is 108 cm³/mol. The normalized spacial score (nSPS) is 16.1. The summed E-state index contributed by atoms with van der Waals surface area (Å²) in [5.74, 6) is 0.00940. The lowest BCUT2D eigenvalue weighted by molar-refractivity contribution is -0.113. The quantitative estimate of drug-likeness (QED) is 0.716. The molecule has 27 heavy (non-hydrogen) atoms. The van der Waals surface area contributed by atoms with Crippen LogP contribution in [0.1, 0.15) is 28.8 Å². The van der Waals surface area contributed by atoms with Crippen molar-refractivity contribution in [3.8, 4) is 0 Å². The highest BCUT2D eigenvalue weighted by Crippen LogP contribution is 2.23. The van der Waals surface area contributed by atoms with Gasteiger partial charge in [0.25, 0.3) is 5.91 Å². The standard InChI is InChI=1S/C21H24N2O3S/c1-15-8-10-16(11-9-15)23-20(24)14-27-19-7-3-2-6-18(19)21(25)22-13-17-5-4-12-26-17/h2-3,6-11,17H,4-5,12-14H2,1H3,(H,22,25)(H,23,24). The second kappa shape index (κ2) is 9.58. The topological polar surface area (TPSA) is 67.4 Å². The van der Waals surface area contributed by atoms with E-state index < -0.39 is 0 Å². The van der Waals surface area contributed by atoms with Gasteiger partial charge in [0.2, 0.25) is 5.91 Å². The molecule has 2 aromatic carbocycles. The number of aryl methyl sites for hydroxylation is 1. The summed E-state index contributed by atoms with van der Waals surface area (Å²) in [7, 11) is 0. The lowest BCUT2D eigenvalue weighted by atomic mass is 10.2. The molecule has 2 aromatic rings. The van der Waals surface area contributed by atoms with Crippen LogP contribution in [0.2, 0.25) is 0 Å². The van der Waals surface area contributed by atoms with Crippen LogP contribution in [-0.4, -0.2) is 36.8 Å². The summed E-state index contributed by atoms with van der Waals surface area (Å²) >= 11 is 1.36. The van der Waals surface area contributed by atoms with Gasteiger partial charge in [-0.2, -0.15) is 0 Å². The molecule has 1 unspecified atom stereocenters. The number of hydrogen-bond donors (Lipinski definition) is 2. The highest BCUT2D eigenvalue weighted by molar-refractivity contribution is 8.00. The Balaban J connectivity index is 1.54. The molecule has 0 spiro atoms. The number of hydrogen-bond acceptors (Lipinski definition) is 4. The second-order valence-electron chi connectivity index (χ2n) is 6.54. The van der Waals surface area contributed by atoms with Gasteiger partial charge in [0.1, 0.15) is 0 Å². The number of amides is 2. The Hall–Kier alpha value is -2.31. The lowest BCUT2D eigenvalue weighted by Crippen LogP contribution is -2.32. The van der Waals surface area contributed by atoms with Crippen LogP contribution in [-0.2, 0) is 9.53 Å². The summed E-state index contributed by atoms with van der Waals surface area (Å²) in [6.07, 6.45) is 2.13. The minimum absolute atomic E-state index is 0.0987. The van der Waals surface area contributed by atoms with Crippen molar-refractivity contribution in [1.82, 2.24) is 5.32 Å². The summed E-state index contributed by atoms with van der Waals surface area (Å²) in [6, 6.07) is 15.0. The van der Waals surface area contributed by atoms with E-state index in [9.17, 15) is 9.59 Å². The van der Waals surface area contributed by atoms with Crippen LogP contribution in [0.5, 0.6) is 0 Å². The van der Waals surface area contributed by atoms with Crippen LogP contribution in [0.15, 0.2) is 53.4 Å². The molecule has 0 aromatic heterocycles. The van der Waals surface area contributed by atoms with Gasteiger partial charge in [0.05, 0.1) is 17.4 Å². The molecule has 0 radical (unpaired) electrons. The molecule has 1 fully saturated rings. The van der Waals surface area contributed by atoms with Crippen LogP contribution < -0.4 is 10.6 Å². The van der Waals surface area contributed by atoms with E-state index >= 15 is 0 Å². The molecule has 1 aliphatic rings. The largest absolute Gasteiger partial charge is 0.376 e. The third-order valence-electron chi connectivity index (χ3n) is 4.34. The van der Waals surface area contributed by atoms with Crippen molar-refractivity contribution in [2.45, 2.75) is 30.8 Å². The van der Waals surface area contributed by atoms with Crippen molar-refractivity contribution in [3.63, 3.8) is 0 Å². The van der Waals surface area contributed by atoms with Gasteiger partial charge in [-0.1, -0.05) is 29.8 Å². The molecule has 6 heteroatoms. The molecule has 1 saturated heterocycles. The lowest BCUT2D eigenvalue weighted by Gasteiger charge is -2.13. The average molecular weight is 385 g/mol. The van der Waals surface area contributed by atoms with Crippen molar-refractivity contribution in [2.24, 2.45) is 0 Å². The van der Waals surface area contributed by atoms with E-state index in [2.05, 4.69) is 10.6 Å². The number of ether oxygens (including phenoxy) is 1. The maximum atomic E-state index is 12.5. The molecule has 1 aliphatic heterocycles. The van der Waals surface area contributed by atoms with E-state index in [1.165, 1.54) is 11.8 Å². The number of rotatable bonds is 7. The molecule has 2 amide bonds. The zero-order valence-electron chi connectivity index (χ0n) is 15.4. The predicted octanol–water partition coefficient (Wildman–Crippen LogP) is 3.63. The van der Waals surface area contributed by atoms with Crippen LogP contribution in [0, 0.1) is 6.92 Å². The Morgan fingerprint density at radius 3 is 2.67 bits per heavy atom. The summed E-state index contributed by atoms with van der Waals surface area (Å²) in [5, 5.41) is 5.81. The molecule has 5 nitrogen and oxygen atoms in total. The number of anilines is 1. The molecule has 0 saturated carbocycles. The van der Waals surface area contributed by atoms with Gasteiger partial charge in [-0.05, 0) is 44.0 Å². The minimum atomic E-state index is -0.132. The second-order valence-corrected chi connectivity index (χ2v) is 7.56. The van der Waals surface area contributed by atoms with Gasteiger partial charge >= 0.3 is 0 Å². The van der Waals surface area contributed by atoms with E-state index in [0.29, 0.717) is 12.1 Å². The van der Waals surface area contributed by atoms with Crippen molar-refractivity contribution >= 4 is 29.3 Å². The highest BCUT2D eigenvalue weighted by Gasteiger charge is 2.18. The molecule has 1 atom stereocenters. The minimum Gasteiger partial charge on any atom is -0.376 e. The van der Waals surface area contributed by atoms with Crippen molar-refractivity contribution in [2.75, 3.05) is 24.2 Å². The molecule has 142 valence electrons. The molecule has 3 rings (SSSR count). The summed E-state index contributed by atoms with van der Waals surface area (Å²) < 4.78 is 5.54. The first kappa shape index (κ1) is 19.5. The SMILES string of the molecule is Cc1ccc(NC(=O)CSc2ccccc2C(=O)NCC2CCCO2)cc1. The zero-order chi connectivity index (χ0) is 19.1. The number of carbonyl (C=O) groups is 2. The summed E-state index contributed by atoms with van der Waals surface area (Å²) in [5.41, 5.74) is 2.50. The first-order valence-electron chi connectivity index (χ1n) is 9.10. The Morgan fingerprint density at radius 1 is 1.15 bits per heavy atom. The van der Waals surface area contributed by atoms with Crippen LogP contribution in [0.3, 0.4) is 0 Å². The molecular weight excluding hydrogens is 360 g/mol. The smallest absolute Gasteiger partial charge is 0.252 e. The molecule has 0 bridgehead atoms. The van der Waals surface area contributed by atoms with E-state index in [0.717, 1.165) is 35.6 Å². The Morgan fingerprint density at radius 2 is 1.93 bits per heavy atom. The fourth-order valence-corrected chi connectivity index (χ4v) is 3.71. The van der Waals surface area contributed by atoms with E-state index in [4.69, 9.17) is 4.74 Å². The summed E-state index contributed by atoms with van der Waals surface area (Å²) in [4.78, 5) is 25.5. The third kappa shape index (κ3) is 5.84. The number of thioether (sulfide) groups is 1. The third-order valence-corrected chi connectivity index (χ3v) is 5.41. The highest BCUT2D eigenvalue weighted by atomic mass is 32.2. The van der Waals surface area contributed by atoms with E-state index in [-0.39, 0.29) is 23.7 Å². The monoisotopic (exact) mass is 384 g/mol. The molecule has 0 aliphatic carbocycles. The Labute approximate surface area is 163 Å². The van der Waals surface area contributed by atoms with Crippen LogP contribution in [0.4, 0.5) is 5.69 Å². The van der Waals surface area contributed by atoms with Crippen LogP contribution >= 0.6 is 11.8 Å². The van der Waals surface area contributed by atoms with Gasteiger partial charge in [-0.25, -0.2) is 0 Å². The molecule has 1 heterocycles. The average Bonchev–Trinajstić information content (AvgIpc) is 3.20. The number of carbonyl (C=O) groups excluding carboxylic acids is 2. The maximum Gasteiger partial charge on any atom is 0.252 e. The van der Waals surface area contributed by atoms with Gasteiger partial charge in [-0.15, -0.1) is 11.8 Å². The zero-order valence-corrected chi connectivity index (χ0v) is 16.2. The summed E-state index contributed by atoms with van der Waals surface area (Å²) in [6.45, 7) is 3.29. The Bertz CT molecular complexity index is 786. The maximum absolute atomic E-state index is 12.5. The van der Waals surface area contributed by atoms with Gasteiger partial charge in [0, 0.05) is 23.7 Å².